The second-order valence-corrected chi connectivity index (χ2v) is 9.22. The Labute approximate surface area is 174 Å². The van der Waals surface area contributed by atoms with E-state index >= 15 is 0 Å². The molecule has 0 heterocycles. The number of hydrogen-bond donors (Lipinski definition) is 3. The molecule has 0 bridgehead atoms. The molecular weight excluding hydrogens is 348 g/mol. The summed E-state index contributed by atoms with van der Waals surface area (Å²) in [6.45, 7) is 2.26. The zero-order valence-corrected chi connectivity index (χ0v) is 18.6. The predicted molar refractivity (Wildman–Crippen MR) is 120 cm³/mol. The average molecular weight is 397 g/mol. The third-order valence-corrected chi connectivity index (χ3v) is 6.18. The van der Waals surface area contributed by atoms with Gasteiger partial charge in [0, 0.05) is 12.8 Å². The van der Waals surface area contributed by atoms with Gasteiger partial charge in [0.05, 0.1) is 17.8 Å². The molecule has 28 heavy (non-hydrogen) atoms. The lowest BCUT2D eigenvalue weighted by Crippen LogP contribution is -2.43. The molecule has 1 aliphatic rings. The average Bonchev–Trinajstić information content (AvgIpc) is 2.63. The summed E-state index contributed by atoms with van der Waals surface area (Å²) < 4.78 is 0. The number of aliphatic hydroxyl groups is 3. The van der Waals surface area contributed by atoms with Gasteiger partial charge in [-0.2, -0.15) is 0 Å². The van der Waals surface area contributed by atoms with E-state index in [1.807, 2.05) is 0 Å². The highest BCUT2D eigenvalue weighted by Gasteiger charge is 2.37. The van der Waals surface area contributed by atoms with Crippen molar-refractivity contribution in [3.8, 4) is 0 Å². The Balaban J connectivity index is 1.82. The van der Waals surface area contributed by atoms with Gasteiger partial charge >= 0.3 is 0 Å². The molecule has 0 aromatic heterocycles. The molecule has 0 amide bonds. The molecule has 0 saturated heterocycles. The standard InChI is InChI=1S/C25H48O3/c1-2-3-4-5-6-7-8-9-10-11-12-13-14-15-16-17-18-19-25(28)21-23(26)20-24(27)22-25/h7-8,23-24,26-28H,2-6,9-22H2,1H3/b8-7-/t23-,24-/m0/s1. The lowest BCUT2D eigenvalue weighted by Gasteiger charge is -2.37. The summed E-state index contributed by atoms with van der Waals surface area (Å²) in [6, 6.07) is 0. The van der Waals surface area contributed by atoms with Crippen molar-refractivity contribution in [3.05, 3.63) is 12.2 Å². The minimum Gasteiger partial charge on any atom is -0.393 e. The SMILES string of the molecule is CCCCCC/C=C\CCCCCCCCCCCC1(O)C[C@@H](O)C[C@H](O)C1. The van der Waals surface area contributed by atoms with Gasteiger partial charge in [-0.1, -0.05) is 89.7 Å². The highest BCUT2D eigenvalue weighted by atomic mass is 16.3. The molecule has 1 saturated carbocycles. The summed E-state index contributed by atoms with van der Waals surface area (Å²) in [7, 11) is 0. The molecule has 0 spiro atoms. The van der Waals surface area contributed by atoms with Crippen LogP contribution in [0.25, 0.3) is 0 Å². The lowest BCUT2D eigenvalue weighted by molar-refractivity contribution is -0.0950. The Bertz CT molecular complexity index is 370. The van der Waals surface area contributed by atoms with E-state index in [1.54, 1.807) is 0 Å². The highest BCUT2D eigenvalue weighted by molar-refractivity contribution is 4.90. The van der Waals surface area contributed by atoms with Crippen LogP contribution >= 0.6 is 0 Å². The van der Waals surface area contributed by atoms with Gasteiger partial charge in [-0.05, 0) is 38.5 Å². The number of rotatable bonds is 17. The van der Waals surface area contributed by atoms with Crippen LogP contribution in [0.5, 0.6) is 0 Å². The van der Waals surface area contributed by atoms with Crippen LogP contribution in [-0.4, -0.2) is 33.1 Å². The van der Waals surface area contributed by atoms with E-state index in [2.05, 4.69) is 19.1 Å². The first-order chi connectivity index (χ1) is 13.6. The first-order valence-corrected chi connectivity index (χ1v) is 12.3. The van der Waals surface area contributed by atoms with Crippen molar-refractivity contribution in [1.82, 2.24) is 0 Å². The van der Waals surface area contributed by atoms with Crippen LogP contribution in [-0.2, 0) is 0 Å². The van der Waals surface area contributed by atoms with E-state index in [0.717, 1.165) is 12.8 Å². The highest BCUT2D eigenvalue weighted by Crippen LogP contribution is 2.33. The Hall–Kier alpha value is -0.380. The smallest absolute Gasteiger partial charge is 0.0697 e. The fourth-order valence-corrected chi connectivity index (χ4v) is 4.52. The van der Waals surface area contributed by atoms with Crippen molar-refractivity contribution in [2.24, 2.45) is 0 Å². The molecule has 1 aliphatic carbocycles. The predicted octanol–water partition coefficient (Wildman–Crippen LogP) is 6.44. The molecule has 1 fully saturated rings. The second-order valence-electron chi connectivity index (χ2n) is 9.22. The van der Waals surface area contributed by atoms with Crippen molar-refractivity contribution >= 4 is 0 Å². The fraction of sp³-hybridized carbons (Fsp3) is 0.920. The van der Waals surface area contributed by atoms with Crippen LogP contribution in [0, 0.1) is 0 Å². The van der Waals surface area contributed by atoms with Crippen LogP contribution in [0.3, 0.4) is 0 Å². The normalized spacial score (nSPS) is 25.6. The molecule has 0 aromatic rings. The Morgan fingerprint density at radius 3 is 1.61 bits per heavy atom. The molecule has 0 aromatic carbocycles. The van der Waals surface area contributed by atoms with Gasteiger partial charge < -0.3 is 15.3 Å². The summed E-state index contributed by atoms with van der Waals surface area (Å²) in [5.74, 6) is 0. The fourth-order valence-electron chi connectivity index (χ4n) is 4.52. The molecular formula is C25H48O3. The van der Waals surface area contributed by atoms with Gasteiger partial charge in [0.1, 0.15) is 0 Å². The van der Waals surface area contributed by atoms with Crippen LogP contribution in [0.4, 0.5) is 0 Å². The number of aliphatic hydroxyl groups excluding tert-OH is 2. The molecule has 166 valence electrons. The molecule has 0 radical (unpaired) electrons. The Morgan fingerprint density at radius 1 is 0.679 bits per heavy atom. The van der Waals surface area contributed by atoms with E-state index in [0.29, 0.717) is 25.7 Å². The van der Waals surface area contributed by atoms with Crippen molar-refractivity contribution in [2.75, 3.05) is 0 Å². The van der Waals surface area contributed by atoms with Gasteiger partial charge in [-0.15, -0.1) is 0 Å². The minimum atomic E-state index is -0.846. The molecule has 0 aliphatic heterocycles. The second kappa shape index (κ2) is 16.4. The minimum absolute atomic E-state index is 0.414. The topological polar surface area (TPSA) is 60.7 Å². The zero-order valence-electron chi connectivity index (χ0n) is 18.6. The van der Waals surface area contributed by atoms with Crippen molar-refractivity contribution in [3.63, 3.8) is 0 Å². The van der Waals surface area contributed by atoms with Crippen LogP contribution in [0.15, 0.2) is 12.2 Å². The van der Waals surface area contributed by atoms with Gasteiger partial charge in [0.25, 0.3) is 0 Å². The number of unbranched alkanes of at least 4 members (excludes halogenated alkanes) is 13. The number of hydrogen-bond acceptors (Lipinski definition) is 3. The van der Waals surface area contributed by atoms with E-state index in [9.17, 15) is 15.3 Å². The van der Waals surface area contributed by atoms with Crippen LogP contribution in [0.1, 0.15) is 129 Å². The molecule has 3 nitrogen and oxygen atoms in total. The number of allylic oxidation sites excluding steroid dienone is 2. The van der Waals surface area contributed by atoms with Gasteiger partial charge in [-0.25, -0.2) is 0 Å². The van der Waals surface area contributed by atoms with Gasteiger partial charge in [-0.3, -0.25) is 0 Å². The van der Waals surface area contributed by atoms with E-state index in [-0.39, 0.29) is 0 Å². The van der Waals surface area contributed by atoms with Gasteiger partial charge in [0.2, 0.25) is 0 Å². The third kappa shape index (κ3) is 13.7. The lowest BCUT2D eigenvalue weighted by atomic mass is 9.78. The van der Waals surface area contributed by atoms with Crippen molar-refractivity contribution in [1.29, 1.82) is 0 Å². The molecule has 2 atom stereocenters. The first-order valence-electron chi connectivity index (χ1n) is 12.3. The maximum atomic E-state index is 10.5. The molecule has 1 rings (SSSR count). The molecule has 3 heteroatoms. The van der Waals surface area contributed by atoms with Crippen molar-refractivity contribution < 1.29 is 15.3 Å². The first kappa shape index (κ1) is 25.7. The zero-order chi connectivity index (χ0) is 20.5. The maximum Gasteiger partial charge on any atom is 0.0697 e. The third-order valence-electron chi connectivity index (χ3n) is 6.18. The summed E-state index contributed by atoms with van der Waals surface area (Å²) >= 11 is 0. The van der Waals surface area contributed by atoms with E-state index < -0.39 is 17.8 Å². The largest absolute Gasteiger partial charge is 0.393 e. The molecule has 3 N–H and O–H groups in total. The van der Waals surface area contributed by atoms with Crippen molar-refractivity contribution in [2.45, 2.75) is 147 Å². The van der Waals surface area contributed by atoms with Crippen LogP contribution in [0.2, 0.25) is 0 Å². The summed E-state index contributed by atoms with van der Waals surface area (Å²) in [6.07, 6.45) is 25.0. The quantitative estimate of drug-likeness (QED) is 0.196. The summed E-state index contributed by atoms with van der Waals surface area (Å²) in [5.41, 5.74) is -0.846. The Kier molecular flexibility index (Phi) is 15.0. The monoisotopic (exact) mass is 396 g/mol. The van der Waals surface area contributed by atoms with E-state index in [4.69, 9.17) is 0 Å². The maximum absolute atomic E-state index is 10.5. The Morgan fingerprint density at radius 2 is 1.11 bits per heavy atom. The van der Waals surface area contributed by atoms with Gasteiger partial charge in [0.15, 0.2) is 0 Å². The molecule has 0 unspecified atom stereocenters. The van der Waals surface area contributed by atoms with E-state index in [1.165, 1.54) is 83.5 Å². The summed E-state index contributed by atoms with van der Waals surface area (Å²) in [5, 5.41) is 30.0. The van der Waals surface area contributed by atoms with Crippen LogP contribution < -0.4 is 0 Å². The summed E-state index contributed by atoms with van der Waals surface area (Å²) in [4.78, 5) is 0.